The van der Waals surface area contributed by atoms with Crippen LogP contribution in [0.2, 0.25) is 0 Å². The van der Waals surface area contributed by atoms with Crippen molar-refractivity contribution in [3.05, 3.63) is 0 Å². The minimum atomic E-state index is -0.172. The van der Waals surface area contributed by atoms with Gasteiger partial charge in [0, 0.05) is 12.6 Å². The van der Waals surface area contributed by atoms with Crippen LogP contribution in [0.4, 0.5) is 0 Å². The molecule has 1 saturated carbocycles. The van der Waals surface area contributed by atoms with E-state index in [2.05, 4.69) is 4.90 Å². The fraction of sp³-hybridized carbons (Fsp3) is 1.00. The van der Waals surface area contributed by atoms with Crippen molar-refractivity contribution < 1.29 is 10.2 Å². The summed E-state index contributed by atoms with van der Waals surface area (Å²) in [4.78, 5) is 2.31. The predicted octanol–water partition coefficient (Wildman–Crippen LogP) is 1.14. The van der Waals surface area contributed by atoms with E-state index in [1.807, 2.05) is 0 Å². The van der Waals surface area contributed by atoms with E-state index in [0.717, 1.165) is 45.2 Å². The smallest absolute Gasteiger partial charge is 0.0695 e. The first kappa shape index (κ1) is 11.4. The van der Waals surface area contributed by atoms with Gasteiger partial charge in [-0.25, -0.2) is 0 Å². The molecule has 1 aliphatic carbocycles. The predicted molar refractivity (Wildman–Crippen MR) is 59.7 cm³/mol. The van der Waals surface area contributed by atoms with Gasteiger partial charge in [-0.15, -0.1) is 0 Å². The molecule has 0 radical (unpaired) electrons. The van der Waals surface area contributed by atoms with Crippen LogP contribution in [0.5, 0.6) is 0 Å². The van der Waals surface area contributed by atoms with Crippen molar-refractivity contribution in [3.8, 4) is 0 Å². The van der Waals surface area contributed by atoms with E-state index in [9.17, 15) is 10.2 Å². The second kappa shape index (κ2) is 5.28. The van der Waals surface area contributed by atoms with Gasteiger partial charge in [0.25, 0.3) is 0 Å². The van der Waals surface area contributed by atoms with E-state index >= 15 is 0 Å². The van der Waals surface area contributed by atoms with Crippen LogP contribution in [0.1, 0.15) is 44.9 Å². The van der Waals surface area contributed by atoms with E-state index in [4.69, 9.17) is 0 Å². The van der Waals surface area contributed by atoms with Crippen LogP contribution in [-0.4, -0.2) is 46.5 Å². The molecule has 1 heterocycles. The Morgan fingerprint density at radius 2 is 1.67 bits per heavy atom. The van der Waals surface area contributed by atoms with E-state index in [0.29, 0.717) is 6.04 Å². The first-order valence-corrected chi connectivity index (χ1v) is 6.37. The van der Waals surface area contributed by atoms with Crippen LogP contribution >= 0.6 is 0 Å². The highest BCUT2D eigenvalue weighted by molar-refractivity contribution is 4.85. The summed E-state index contributed by atoms with van der Waals surface area (Å²) < 4.78 is 0. The second-order valence-electron chi connectivity index (χ2n) is 5.06. The van der Waals surface area contributed by atoms with Gasteiger partial charge in [0.15, 0.2) is 0 Å². The summed E-state index contributed by atoms with van der Waals surface area (Å²) in [6, 6.07) is 0.308. The van der Waals surface area contributed by atoms with Gasteiger partial charge in [-0.2, -0.15) is 0 Å². The summed E-state index contributed by atoms with van der Waals surface area (Å²) in [6.45, 7) is 1.82. The zero-order valence-electron chi connectivity index (χ0n) is 9.44. The molecule has 3 heteroatoms. The Labute approximate surface area is 92.1 Å². The van der Waals surface area contributed by atoms with Crippen LogP contribution in [0, 0.1) is 0 Å². The van der Waals surface area contributed by atoms with Crippen molar-refractivity contribution in [1.29, 1.82) is 0 Å². The normalized spacial score (nSPS) is 40.0. The number of aliphatic hydroxyl groups excluding tert-OH is 2. The molecule has 3 nitrogen and oxygen atoms in total. The molecule has 88 valence electrons. The molecule has 3 atom stereocenters. The Hall–Kier alpha value is -0.120. The lowest BCUT2D eigenvalue weighted by atomic mass is 9.99. The number of aliphatic hydroxyl groups is 2. The number of hydrogen-bond donors (Lipinski definition) is 2. The first-order valence-electron chi connectivity index (χ1n) is 6.37. The molecule has 0 aromatic carbocycles. The van der Waals surface area contributed by atoms with E-state index in [1.54, 1.807) is 0 Å². The molecule has 0 aromatic heterocycles. The molecule has 2 aliphatic rings. The van der Waals surface area contributed by atoms with Crippen molar-refractivity contribution >= 4 is 0 Å². The third kappa shape index (κ3) is 2.92. The SMILES string of the molecule is OC1CCCCCC1N1CCC[C@H](O)C1. The highest BCUT2D eigenvalue weighted by Crippen LogP contribution is 2.25. The highest BCUT2D eigenvalue weighted by Gasteiger charge is 2.30. The van der Waals surface area contributed by atoms with Gasteiger partial charge in [-0.05, 0) is 32.2 Å². The summed E-state index contributed by atoms with van der Waals surface area (Å²) in [7, 11) is 0. The summed E-state index contributed by atoms with van der Waals surface area (Å²) in [5, 5.41) is 19.7. The molecule has 15 heavy (non-hydrogen) atoms. The lowest BCUT2D eigenvalue weighted by Gasteiger charge is -2.38. The van der Waals surface area contributed by atoms with Gasteiger partial charge in [0.2, 0.25) is 0 Å². The fourth-order valence-electron chi connectivity index (χ4n) is 2.98. The topological polar surface area (TPSA) is 43.7 Å². The van der Waals surface area contributed by atoms with Gasteiger partial charge in [0.1, 0.15) is 0 Å². The van der Waals surface area contributed by atoms with E-state index in [1.165, 1.54) is 12.8 Å². The van der Waals surface area contributed by atoms with Gasteiger partial charge in [-0.3, -0.25) is 4.90 Å². The van der Waals surface area contributed by atoms with Gasteiger partial charge < -0.3 is 10.2 Å². The molecule has 0 amide bonds. The third-order valence-electron chi connectivity index (χ3n) is 3.84. The van der Waals surface area contributed by atoms with Crippen molar-refractivity contribution in [2.75, 3.05) is 13.1 Å². The zero-order valence-corrected chi connectivity index (χ0v) is 9.44. The monoisotopic (exact) mass is 213 g/mol. The van der Waals surface area contributed by atoms with Crippen LogP contribution < -0.4 is 0 Å². The quantitative estimate of drug-likeness (QED) is 0.642. The maximum Gasteiger partial charge on any atom is 0.0695 e. The Morgan fingerprint density at radius 3 is 2.47 bits per heavy atom. The third-order valence-corrected chi connectivity index (χ3v) is 3.84. The number of nitrogens with zero attached hydrogens (tertiary/aromatic N) is 1. The van der Waals surface area contributed by atoms with Crippen molar-refractivity contribution in [3.63, 3.8) is 0 Å². The van der Waals surface area contributed by atoms with Crippen LogP contribution in [0.3, 0.4) is 0 Å². The van der Waals surface area contributed by atoms with Gasteiger partial charge in [0.05, 0.1) is 12.2 Å². The van der Waals surface area contributed by atoms with E-state index < -0.39 is 0 Å². The number of rotatable bonds is 1. The fourth-order valence-corrected chi connectivity index (χ4v) is 2.98. The second-order valence-corrected chi connectivity index (χ2v) is 5.06. The van der Waals surface area contributed by atoms with Crippen molar-refractivity contribution in [2.45, 2.75) is 63.2 Å². The summed E-state index contributed by atoms with van der Waals surface area (Å²) in [5.41, 5.74) is 0. The average molecular weight is 213 g/mol. The minimum Gasteiger partial charge on any atom is -0.392 e. The number of likely N-dealkylation sites (tertiary alicyclic amines) is 1. The molecule has 2 N–H and O–H groups in total. The number of β-amino-alcohol motifs (C(OH)–C–C–N with tert-alkyl or cyclic N) is 1. The summed E-state index contributed by atoms with van der Waals surface area (Å²) in [6.07, 6.45) is 7.35. The Balaban J connectivity index is 1.94. The molecule has 0 bridgehead atoms. The highest BCUT2D eigenvalue weighted by atomic mass is 16.3. The lowest BCUT2D eigenvalue weighted by Crippen LogP contribution is -2.49. The molecule has 0 spiro atoms. The van der Waals surface area contributed by atoms with E-state index in [-0.39, 0.29) is 12.2 Å². The Morgan fingerprint density at radius 1 is 0.867 bits per heavy atom. The molecule has 1 saturated heterocycles. The molecule has 1 aliphatic heterocycles. The van der Waals surface area contributed by atoms with Crippen molar-refractivity contribution in [2.24, 2.45) is 0 Å². The summed E-state index contributed by atoms with van der Waals surface area (Å²) in [5.74, 6) is 0. The zero-order chi connectivity index (χ0) is 10.7. The Kier molecular flexibility index (Phi) is 4.00. The number of piperidine rings is 1. The maximum absolute atomic E-state index is 10.1. The Bertz CT molecular complexity index is 198. The molecular formula is C12H23NO2. The standard InChI is InChI=1S/C12H23NO2/c14-10-5-4-8-13(9-10)11-6-2-1-3-7-12(11)15/h10-12,14-15H,1-9H2/t10-,11?,12?/m0/s1. The number of hydrogen-bond acceptors (Lipinski definition) is 3. The minimum absolute atomic E-state index is 0.169. The van der Waals surface area contributed by atoms with Crippen LogP contribution in [0.25, 0.3) is 0 Å². The van der Waals surface area contributed by atoms with Gasteiger partial charge in [-0.1, -0.05) is 19.3 Å². The molecule has 0 aromatic rings. The van der Waals surface area contributed by atoms with Crippen LogP contribution in [-0.2, 0) is 0 Å². The maximum atomic E-state index is 10.1. The lowest BCUT2D eigenvalue weighted by molar-refractivity contribution is -0.00573. The first-order chi connectivity index (χ1) is 7.27. The van der Waals surface area contributed by atoms with Crippen molar-refractivity contribution in [1.82, 2.24) is 4.90 Å². The molecular weight excluding hydrogens is 190 g/mol. The molecule has 2 fully saturated rings. The van der Waals surface area contributed by atoms with Crippen LogP contribution in [0.15, 0.2) is 0 Å². The summed E-state index contributed by atoms with van der Waals surface area (Å²) >= 11 is 0. The largest absolute Gasteiger partial charge is 0.392 e. The average Bonchev–Trinajstić information content (AvgIpc) is 2.43. The molecule has 2 unspecified atom stereocenters. The van der Waals surface area contributed by atoms with Gasteiger partial charge >= 0.3 is 0 Å². The molecule has 2 rings (SSSR count).